The molecule has 1 aliphatic rings. The number of imidazole rings is 1. The number of benzene rings is 1. The Morgan fingerprint density at radius 2 is 1.85 bits per heavy atom. The lowest BCUT2D eigenvalue weighted by Crippen LogP contribution is -2.31. The first kappa shape index (κ1) is 16.8. The van der Waals surface area contributed by atoms with Crippen LogP contribution in [0.2, 0.25) is 0 Å². The van der Waals surface area contributed by atoms with E-state index in [0.29, 0.717) is 30.2 Å². The van der Waals surface area contributed by atoms with Crippen LogP contribution < -0.4 is 11.2 Å². The van der Waals surface area contributed by atoms with Crippen molar-refractivity contribution in [2.75, 3.05) is 0 Å². The maximum Gasteiger partial charge on any atom is 0.330 e. The summed E-state index contributed by atoms with van der Waals surface area (Å²) in [5, 5.41) is 0. The highest BCUT2D eigenvalue weighted by molar-refractivity contribution is 5.71. The number of hydrogen-bond donors (Lipinski definition) is 1. The molecular formula is C20H24N4O2. The monoisotopic (exact) mass is 352 g/mol. The highest BCUT2D eigenvalue weighted by Gasteiger charge is 2.26. The number of H-pyrrole nitrogens is 1. The van der Waals surface area contributed by atoms with Crippen molar-refractivity contribution in [2.24, 2.45) is 0 Å². The van der Waals surface area contributed by atoms with Gasteiger partial charge < -0.3 is 4.57 Å². The minimum Gasteiger partial charge on any atom is -0.317 e. The van der Waals surface area contributed by atoms with Crippen molar-refractivity contribution in [3.63, 3.8) is 0 Å². The molecule has 0 saturated heterocycles. The number of hydrogen-bond acceptors (Lipinski definition) is 3. The van der Waals surface area contributed by atoms with Gasteiger partial charge in [-0.15, -0.1) is 0 Å². The van der Waals surface area contributed by atoms with E-state index in [1.807, 2.05) is 29.7 Å². The van der Waals surface area contributed by atoms with E-state index in [2.05, 4.69) is 17.1 Å². The van der Waals surface area contributed by atoms with E-state index in [0.717, 1.165) is 30.7 Å². The van der Waals surface area contributed by atoms with Crippen molar-refractivity contribution >= 4 is 11.2 Å². The van der Waals surface area contributed by atoms with Crippen LogP contribution in [0.3, 0.4) is 0 Å². The summed E-state index contributed by atoms with van der Waals surface area (Å²) in [7, 11) is 0. The first-order valence-corrected chi connectivity index (χ1v) is 9.46. The van der Waals surface area contributed by atoms with Crippen molar-refractivity contribution in [1.29, 1.82) is 0 Å². The molecule has 0 amide bonds. The molecule has 1 aliphatic carbocycles. The second-order valence-electron chi connectivity index (χ2n) is 7.11. The molecule has 26 heavy (non-hydrogen) atoms. The fourth-order valence-electron chi connectivity index (χ4n) is 4.04. The standard InChI is InChI=1S/C20H24N4O2/c1-2-12-23-18-16(19(25)22-20(23)26)24(13-14-8-4-3-5-9-14)17(21-18)15-10-6-7-11-15/h3-5,8-9,15H,2,6-7,10-13H2,1H3,(H,22,25,26). The Labute approximate surface area is 151 Å². The SMILES string of the molecule is CCCn1c(=O)[nH]c(=O)c2c1nc(C1CCCC1)n2Cc1ccccc1. The van der Waals surface area contributed by atoms with Crippen LogP contribution in [-0.4, -0.2) is 19.1 Å². The maximum atomic E-state index is 12.7. The molecule has 4 rings (SSSR count). The van der Waals surface area contributed by atoms with Crippen LogP contribution >= 0.6 is 0 Å². The third kappa shape index (κ3) is 2.89. The summed E-state index contributed by atoms with van der Waals surface area (Å²) in [4.78, 5) is 32.3. The molecule has 0 aliphatic heterocycles. The molecule has 2 aromatic heterocycles. The molecule has 6 heteroatoms. The Bertz CT molecular complexity index is 1020. The van der Waals surface area contributed by atoms with Crippen molar-refractivity contribution in [3.8, 4) is 0 Å². The quantitative estimate of drug-likeness (QED) is 0.767. The molecule has 3 aromatic rings. The normalized spacial score (nSPS) is 15.1. The van der Waals surface area contributed by atoms with Crippen molar-refractivity contribution in [3.05, 3.63) is 62.6 Å². The zero-order valence-electron chi connectivity index (χ0n) is 15.1. The van der Waals surface area contributed by atoms with Crippen LogP contribution in [0.5, 0.6) is 0 Å². The molecule has 1 N–H and O–H groups in total. The van der Waals surface area contributed by atoms with E-state index in [-0.39, 0.29) is 11.2 Å². The van der Waals surface area contributed by atoms with Crippen molar-refractivity contribution in [1.82, 2.24) is 19.1 Å². The van der Waals surface area contributed by atoms with Gasteiger partial charge in [0.15, 0.2) is 11.2 Å². The molecule has 1 fully saturated rings. The van der Waals surface area contributed by atoms with Crippen LogP contribution in [0.15, 0.2) is 39.9 Å². The zero-order valence-corrected chi connectivity index (χ0v) is 15.1. The van der Waals surface area contributed by atoms with Crippen LogP contribution in [0.25, 0.3) is 11.2 Å². The lowest BCUT2D eigenvalue weighted by molar-refractivity contribution is 0.617. The van der Waals surface area contributed by atoms with E-state index in [1.54, 1.807) is 4.57 Å². The van der Waals surface area contributed by atoms with Crippen molar-refractivity contribution < 1.29 is 0 Å². The maximum absolute atomic E-state index is 12.7. The topological polar surface area (TPSA) is 72.7 Å². The van der Waals surface area contributed by atoms with Gasteiger partial charge in [-0.1, -0.05) is 50.1 Å². The summed E-state index contributed by atoms with van der Waals surface area (Å²) in [6, 6.07) is 10.1. The minimum atomic E-state index is -0.369. The molecule has 0 atom stereocenters. The summed E-state index contributed by atoms with van der Waals surface area (Å²) < 4.78 is 3.64. The molecule has 0 unspecified atom stereocenters. The minimum absolute atomic E-state index is 0.343. The van der Waals surface area contributed by atoms with Gasteiger partial charge in [-0.05, 0) is 24.8 Å². The Hall–Kier alpha value is -2.63. The summed E-state index contributed by atoms with van der Waals surface area (Å²) in [5.74, 6) is 1.30. The van der Waals surface area contributed by atoms with Crippen LogP contribution in [0.4, 0.5) is 0 Å². The van der Waals surface area contributed by atoms with E-state index in [4.69, 9.17) is 4.98 Å². The largest absolute Gasteiger partial charge is 0.330 e. The molecule has 0 bridgehead atoms. The van der Waals surface area contributed by atoms with E-state index in [1.165, 1.54) is 12.8 Å². The van der Waals surface area contributed by atoms with Gasteiger partial charge in [-0.25, -0.2) is 9.78 Å². The number of nitrogens with one attached hydrogen (secondary N) is 1. The average molecular weight is 352 g/mol. The zero-order chi connectivity index (χ0) is 18.1. The molecule has 0 spiro atoms. The van der Waals surface area contributed by atoms with E-state index < -0.39 is 0 Å². The first-order valence-electron chi connectivity index (χ1n) is 9.46. The fraction of sp³-hybridized carbons (Fsp3) is 0.450. The van der Waals surface area contributed by atoms with Gasteiger partial charge in [-0.3, -0.25) is 14.3 Å². The predicted octanol–water partition coefficient (Wildman–Crippen LogP) is 3.00. The molecule has 136 valence electrons. The van der Waals surface area contributed by atoms with Gasteiger partial charge >= 0.3 is 5.69 Å². The van der Waals surface area contributed by atoms with E-state index in [9.17, 15) is 9.59 Å². The van der Waals surface area contributed by atoms with Crippen LogP contribution in [0, 0.1) is 0 Å². The third-order valence-corrected chi connectivity index (χ3v) is 5.27. The molecule has 1 aromatic carbocycles. The van der Waals surface area contributed by atoms with Gasteiger partial charge in [0.25, 0.3) is 5.56 Å². The predicted molar refractivity (Wildman–Crippen MR) is 102 cm³/mol. The molecule has 0 radical (unpaired) electrons. The van der Waals surface area contributed by atoms with Gasteiger partial charge in [-0.2, -0.15) is 0 Å². The highest BCUT2D eigenvalue weighted by Crippen LogP contribution is 2.34. The second-order valence-corrected chi connectivity index (χ2v) is 7.11. The Morgan fingerprint density at radius 1 is 1.12 bits per heavy atom. The molecule has 2 heterocycles. The number of aromatic nitrogens is 4. The third-order valence-electron chi connectivity index (χ3n) is 5.27. The fourth-order valence-corrected chi connectivity index (χ4v) is 4.04. The average Bonchev–Trinajstić information content (AvgIpc) is 3.27. The van der Waals surface area contributed by atoms with Crippen LogP contribution in [-0.2, 0) is 13.1 Å². The first-order chi connectivity index (χ1) is 12.7. The summed E-state index contributed by atoms with van der Waals surface area (Å²) >= 11 is 0. The van der Waals surface area contributed by atoms with Gasteiger partial charge in [0.2, 0.25) is 0 Å². The summed E-state index contributed by atoms with van der Waals surface area (Å²) in [6.45, 7) is 3.16. The highest BCUT2D eigenvalue weighted by atomic mass is 16.2. The number of fused-ring (bicyclic) bond motifs is 1. The van der Waals surface area contributed by atoms with E-state index >= 15 is 0 Å². The molecule has 1 saturated carbocycles. The Balaban J connectivity index is 1.96. The lowest BCUT2D eigenvalue weighted by Gasteiger charge is -2.13. The van der Waals surface area contributed by atoms with Gasteiger partial charge in [0.05, 0.1) is 0 Å². The molecule has 6 nitrogen and oxygen atoms in total. The Kier molecular flexibility index (Phi) is 4.49. The van der Waals surface area contributed by atoms with Crippen molar-refractivity contribution in [2.45, 2.75) is 58.0 Å². The number of rotatable bonds is 5. The smallest absolute Gasteiger partial charge is 0.317 e. The number of aryl methyl sites for hydroxylation is 1. The van der Waals surface area contributed by atoms with Gasteiger partial charge in [0.1, 0.15) is 5.82 Å². The lowest BCUT2D eigenvalue weighted by atomic mass is 10.1. The van der Waals surface area contributed by atoms with Gasteiger partial charge in [0, 0.05) is 19.0 Å². The van der Waals surface area contributed by atoms with Crippen LogP contribution in [0.1, 0.15) is 56.3 Å². The second kappa shape index (κ2) is 6.94. The summed E-state index contributed by atoms with van der Waals surface area (Å²) in [5.41, 5.74) is 1.46. The number of nitrogens with zero attached hydrogens (tertiary/aromatic N) is 3. The number of aromatic amines is 1. The molecular weight excluding hydrogens is 328 g/mol. The summed E-state index contributed by atoms with van der Waals surface area (Å²) in [6.07, 6.45) is 5.38. The Morgan fingerprint density at radius 3 is 2.54 bits per heavy atom.